The van der Waals surface area contributed by atoms with E-state index in [0.29, 0.717) is 35.2 Å². The summed E-state index contributed by atoms with van der Waals surface area (Å²) in [6.45, 7) is 4.92. The van der Waals surface area contributed by atoms with E-state index in [4.69, 9.17) is 11.6 Å². The second-order valence-corrected chi connectivity index (χ2v) is 8.81. The Kier molecular flexibility index (Phi) is 6.56. The number of nitrogens with one attached hydrogen (secondary N) is 1. The van der Waals surface area contributed by atoms with Gasteiger partial charge in [-0.05, 0) is 54.2 Å². The SMILES string of the molecule is CC(C)c1ccc(CC(=O)N2CCCc3ncc(C(=O)Nc4cccc(Cl)c4)cc32)cc1. The van der Waals surface area contributed by atoms with Crippen LogP contribution in [0.25, 0.3) is 0 Å². The van der Waals surface area contributed by atoms with Crippen molar-refractivity contribution in [2.75, 3.05) is 16.8 Å². The largest absolute Gasteiger partial charge is 0.322 e. The Bertz CT molecular complexity index is 1140. The molecule has 0 spiro atoms. The summed E-state index contributed by atoms with van der Waals surface area (Å²) in [6, 6.07) is 16.9. The number of carbonyl (C=O) groups is 2. The monoisotopic (exact) mass is 447 g/mol. The molecule has 1 aromatic heterocycles. The number of nitrogens with zero attached hydrogens (tertiary/aromatic N) is 2. The van der Waals surface area contributed by atoms with Gasteiger partial charge in [0.25, 0.3) is 5.91 Å². The minimum Gasteiger partial charge on any atom is -0.322 e. The maximum Gasteiger partial charge on any atom is 0.257 e. The number of halogens is 1. The topological polar surface area (TPSA) is 62.3 Å². The average molecular weight is 448 g/mol. The molecule has 6 heteroatoms. The number of fused-ring (bicyclic) bond motifs is 1. The number of benzene rings is 2. The van der Waals surface area contributed by atoms with Gasteiger partial charge in [0.15, 0.2) is 0 Å². The van der Waals surface area contributed by atoms with Crippen LogP contribution in [-0.4, -0.2) is 23.3 Å². The molecule has 4 rings (SSSR count). The van der Waals surface area contributed by atoms with Crippen molar-refractivity contribution in [3.05, 3.63) is 88.2 Å². The highest BCUT2D eigenvalue weighted by Gasteiger charge is 2.25. The number of hydrogen-bond acceptors (Lipinski definition) is 3. The first-order chi connectivity index (χ1) is 15.4. The Balaban J connectivity index is 1.53. The lowest BCUT2D eigenvalue weighted by Crippen LogP contribution is -2.37. The van der Waals surface area contributed by atoms with E-state index in [1.165, 1.54) is 5.56 Å². The highest BCUT2D eigenvalue weighted by molar-refractivity contribution is 6.31. The molecule has 2 amide bonds. The summed E-state index contributed by atoms with van der Waals surface area (Å²) >= 11 is 6.01. The van der Waals surface area contributed by atoms with Crippen molar-refractivity contribution in [3.63, 3.8) is 0 Å². The Hall–Kier alpha value is -3.18. The normalized spacial score (nSPS) is 13.1. The van der Waals surface area contributed by atoms with Crippen LogP contribution in [0.5, 0.6) is 0 Å². The third-order valence-electron chi connectivity index (χ3n) is 5.68. The van der Waals surface area contributed by atoms with Crippen molar-refractivity contribution in [3.8, 4) is 0 Å². The van der Waals surface area contributed by atoms with Crippen molar-refractivity contribution >= 4 is 34.8 Å². The summed E-state index contributed by atoms with van der Waals surface area (Å²) in [5.74, 6) is 0.179. The Morgan fingerprint density at radius 2 is 1.91 bits per heavy atom. The molecule has 0 fully saturated rings. The van der Waals surface area contributed by atoms with E-state index >= 15 is 0 Å². The quantitative estimate of drug-likeness (QED) is 0.551. The van der Waals surface area contributed by atoms with Crippen LogP contribution in [0.2, 0.25) is 5.02 Å². The highest BCUT2D eigenvalue weighted by atomic mass is 35.5. The van der Waals surface area contributed by atoms with Crippen molar-refractivity contribution < 1.29 is 9.59 Å². The van der Waals surface area contributed by atoms with Gasteiger partial charge in [-0.3, -0.25) is 14.6 Å². The van der Waals surface area contributed by atoms with Crippen LogP contribution in [0.1, 0.15) is 53.4 Å². The van der Waals surface area contributed by atoms with Crippen LogP contribution in [0.4, 0.5) is 11.4 Å². The fourth-order valence-electron chi connectivity index (χ4n) is 3.88. The maximum absolute atomic E-state index is 13.1. The zero-order valence-corrected chi connectivity index (χ0v) is 19.0. The van der Waals surface area contributed by atoms with Gasteiger partial charge >= 0.3 is 0 Å². The molecule has 5 nitrogen and oxygen atoms in total. The predicted octanol–water partition coefficient (Wildman–Crippen LogP) is 5.63. The molecule has 0 bridgehead atoms. The summed E-state index contributed by atoms with van der Waals surface area (Å²) in [5.41, 5.74) is 4.82. The van der Waals surface area contributed by atoms with Crippen molar-refractivity contribution in [2.24, 2.45) is 0 Å². The Labute approximate surface area is 193 Å². The molecular weight excluding hydrogens is 422 g/mol. The van der Waals surface area contributed by atoms with Crippen LogP contribution in [0.3, 0.4) is 0 Å². The van der Waals surface area contributed by atoms with Crippen LogP contribution in [0, 0.1) is 0 Å². The Morgan fingerprint density at radius 1 is 1.12 bits per heavy atom. The summed E-state index contributed by atoms with van der Waals surface area (Å²) in [7, 11) is 0. The first kappa shape index (κ1) is 22.0. The summed E-state index contributed by atoms with van der Waals surface area (Å²) in [4.78, 5) is 32.2. The number of pyridine rings is 1. The minimum atomic E-state index is -0.287. The molecular formula is C26H26ClN3O2. The van der Waals surface area contributed by atoms with Crippen molar-refractivity contribution in [2.45, 2.75) is 39.0 Å². The molecule has 0 saturated heterocycles. The van der Waals surface area contributed by atoms with E-state index in [9.17, 15) is 9.59 Å². The lowest BCUT2D eigenvalue weighted by atomic mass is 10.00. The second kappa shape index (κ2) is 9.53. The molecule has 0 saturated carbocycles. The molecule has 164 valence electrons. The first-order valence-corrected chi connectivity index (χ1v) is 11.2. The summed E-state index contributed by atoms with van der Waals surface area (Å²) < 4.78 is 0. The van der Waals surface area contributed by atoms with E-state index in [1.54, 1.807) is 41.4 Å². The van der Waals surface area contributed by atoms with Crippen molar-refractivity contribution in [1.82, 2.24) is 4.98 Å². The third-order valence-corrected chi connectivity index (χ3v) is 5.92. The average Bonchev–Trinajstić information content (AvgIpc) is 2.78. The molecule has 0 atom stereocenters. The number of hydrogen-bond donors (Lipinski definition) is 1. The van der Waals surface area contributed by atoms with E-state index < -0.39 is 0 Å². The molecule has 1 N–H and O–H groups in total. The zero-order valence-electron chi connectivity index (χ0n) is 18.3. The maximum atomic E-state index is 13.1. The van der Waals surface area contributed by atoms with E-state index in [1.807, 2.05) is 12.1 Å². The van der Waals surface area contributed by atoms with Gasteiger partial charge in [0.05, 0.1) is 23.4 Å². The Morgan fingerprint density at radius 3 is 2.62 bits per heavy atom. The molecule has 1 aliphatic rings. The van der Waals surface area contributed by atoms with Crippen LogP contribution in [0.15, 0.2) is 60.8 Å². The summed E-state index contributed by atoms with van der Waals surface area (Å²) in [6.07, 6.45) is 3.53. The lowest BCUT2D eigenvalue weighted by molar-refractivity contribution is -0.118. The van der Waals surface area contributed by atoms with Gasteiger partial charge in [0, 0.05) is 23.5 Å². The molecule has 0 radical (unpaired) electrons. The van der Waals surface area contributed by atoms with E-state index in [0.717, 1.165) is 29.8 Å². The standard InChI is InChI=1S/C26H26ClN3O2/c1-17(2)19-10-8-18(9-11-19)13-25(31)30-12-4-7-23-24(30)14-20(16-28-23)26(32)29-22-6-3-5-21(27)15-22/h3,5-6,8-11,14-17H,4,7,12-13H2,1-2H3,(H,29,32). The molecule has 0 unspecified atom stereocenters. The lowest BCUT2D eigenvalue weighted by Gasteiger charge is -2.29. The first-order valence-electron chi connectivity index (χ1n) is 10.9. The fourth-order valence-corrected chi connectivity index (χ4v) is 4.07. The van der Waals surface area contributed by atoms with Crippen LogP contribution in [-0.2, 0) is 17.6 Å². The molecule has 1 aliphatic heterocycles. The number of aryl methyl sites for hydroxylation is 1. The fraction of sp³-hybridized carbons (Fsp3) is 0.269. The van der Waals surface area contributed by atoms with E-state index in [-0.39, 0.29) is 11.8 Å². The molecule has 0 aliphatic carbocycles. The van der Waals surface area contributed by atoms with E-state index in [2.05, 4.69) is 36.3 Å². The van der Waals surface area contributed by atoms with Gasteiger partial charge in [-0.2, -0.15) is 0 Å². The van der Waals surface area contributed by atoms with Gasteiger partial charge in [-0.1, -0.05) is 55.8 Å². The number of aromatic nitrogens is 1. The van der Waals surface area contributed by atoms with Crippen LogP contribution < -0.4 is 10.2 Å². The van der Waals surface area contributed by atoms with Gasteiger partial charge in [0.2, 0.25) is 5.91 Å². The molecule has 32 heavy (non-hydrogen) atoms. The molecule has 2 aromatic carbocycles. The smallest absolute Gasteiger partial charge is 0.257 e. The number of carbonyl (C=O) groups excluding carboxylic acids is 2. The molecule has 3 aromatic rings. The van der Waals surface area contributed by atoms with Gasteiger partial charge in [-0.15, -0.1) is 0 Å². The van der Waals surface area contributed by atoms with Gasteiger partial charge in [0.1, 0.15) is 0 Å². The van der Waals surface area contributed by atoms with Gasteiger partial charge in [-0.25, -0.2) is 0 Å². The third kappa shape index (κ3) is 5.00. The minimum absolute atomic E-state index is 0.0115. The zero-order chi connectivity index (χ0) is 22.7. The summed E-state index contributed by atoms with van der Waals surface area (Å²) in [5, 5.41) is 3.38. The van der Waals surface area contributed by atoms with Gasteiger partial charge < -0.3 is 10.2 Å². The predicted molar refractivity (Wildman–Crippen MR) is 129 cm³/mol. The number of amides is 2. The number of anilines is 2. The van der Waals surface area contributed by atoms with Crippen molar-refractivity contribution in [1.29, 1.82) is 0 Å². The second-order valence-electron chi connectivity index (χ2n) is 8.38. The van der Waals surface area contributed by atoms with Crippen LogP contribution >= 0.6 is 11.6 Å². The highest BCUT2D eigenvalue weighted by Crippen LogP contribution is 2.28. The number of rotatable bonds is 5. The molecule has 2 heterocycles.